The van der Waals surface area contributed by atoms with Crippen molar-refractivity contribution in [3.63, 3.8) is 0 Å². The van der Waals surface area contributed by atoms with Gasteiger partial charge in [-0.25, -0.2) is 0 Å². The molecule has 1 aromatic carbocycles. The van der Waals surface area contributed by atoms with Gasteiger partial charge >= 0.3 is 0 Å². The average molecular weight is 332 g/mol. The molecule has 1 aromatic rings. The van der Waals surface area contributed by atoms with Crippen LogP contribution in [-0.2, 0) is 0 Å². The van der Waals surface area contributed by atoms with Gasteiger partial charge in [0.15, 0.2) is 0 Å². The maximum absolute atomic E-state index is 12.0. The van der Waals surface area contributed by atoms with Gasteiger partial charge in [-0.3, -0.25) is 0 Å². The second-order valence-electron chi connectivity index (χ2n) is 2.66. The molecule has 0 heterocycles. The molecule has 0 atom stereocenters. The fourth-order valence-electron chi connectivity index (χ4n) is 1.13. The van der Waals surface area contributed by atoms with Crippen LogP contribution in [0.3, 0.4) is 0 Å². The molecule has 0 aromatic heterocycles. The second-order valence-corrected chi connectivity index (χ2v) is 3.73. The van der Waals surface area contributed by atoms with Gasteiger partial charge < -0.3 is 4.74 Å². The van der Waals surface area contributed by atoms with Gasteiger partial charge in [-0.15, -0.1) is 8.78 Å². The Labute approximate surface area is 106 Å². The van der Waals surface area contributed by atoms with Gasteiger partial charge in [-0.2, -0.15) is 0 Å². The lowest BCUT2D eigenvalue weighted by molar-refractivity contribution is 0.345. The molecule has 1 rings (SSSR count). The zero-order valence-electron chi connectivity index (χ0n) is 8.19. The van der Waals surface area contributed by atoms with Crippen molar-refractivity contribution in [2.45, 2.75) is 0 Å². The first kappa shape index (κ1) is 12.8. The molecule has 0 bridgehead atoms. The van der Waals surface area contributed by atoms with E-state index < -0.39 is 0 Å². The molecule has 1 nitrogen and oxygen atoms in total. The van der Waals surface area contributed by atoms with E-state index in [9.17, 15) is 8.78 Å². The van der Waals surface area contributed by atoms with Crippen molar-refractivity contribution in [1.82, 2.24) is 0 Å². The van der Waals surface area contributed by atoms with Crippen molar-refractivity contribution in [2.24, 2.45) is 0 Å². The Morgan fingerprint density at radius 1 is 1.19 bits per heavy atom. The first-order valence-corrected chi connectivity index (χ1v) is 5.91. The summed E-state index contributed by atoms with van der Waals surface area (Å²) >= 11 is 2.15. The van der Waals surface area contributed by atoms with Crippen LogP contribution in [0.4, 0.5) is 8.78 Å². The molecular weight excluding hydrogens is 325 g/mol. The van der Waals surface area contributed by atoms with Gasteiger partial charge in [0.25, 0.3) is 0 Å². The fourth-order valence-corrected chi connectivity index (χ4v) is 1.35. The van der Waals surface area contributed by atoms with E-state index in [-0.39, 0.29) is 5.56 Å². The molecule has 82 valence electrons. The maximum Gasteiger partial charge on any atom is 0.136 e. The van der Waals surface area contributed by atoms with Gasteiger partial charge in [0, 0.05) is 9.99 Å². The third-order valence-electron chi connectivity index (χ3n) is 1.72. The van der Waals surface area contributed by atoms with E-state index in [1.807, 2.05) is 0 Å². The minimum absolute atomic E-state index is 0.278. The molecule has 4 heteroatoms. The van der Waals surface area contributed by atoms with Gasteiger partial charge in [0.2, 0.25) is 0 Å². The smallest absolute Gasteiger partial charge is 0.136 e. The van der Waals surface area contributed by atoms with Crippen molar-refractivity contribution in [1.29, 1.82) is 0 Å². The standard InChI is InChI=1S/C12H7F2IO/c13-6-4-10-2-1-3-12(16-9-8-15)11(10)5-7-14/h1-3H,8-9H2. The Balaban J connectivity index is 3.17. The summed E-state index contributed by atoms with van der Waals surface area (Å²) in [5.41, 5.74) is 0.596. The van der Waals surface area contributed by atoms with E-state index in [1.54, 1.807) is 18.2 Å². The highest BCUT2D eigenvalue weighted by atomic mass is 127. The van der Waals surface area contributed by atoms with Gasteiger partial charge in [0.1, 0.15) is 18.1 Å². The van der Waals surface area contributed by atoms with Crippen molar-refractivity contribution in [3.8, 4) is 29.9 Å². The molecule has 0 unspecified atom stereocenters. The molecule has 0 amide bonds. The molecule has 0 fully saturated rings. The predicted octanol–water partition coefficient (Wildman–Crippen LogP) is 3.06. The number of alkyl halides is 1. The second kappa shape index (κ2) is 7.08. The van der Waals surface area contributed by atoms with Gasteiger partial charge in [0.05, 0.1) is 12.2 Å². The van der Waals surface area contributed by atoms with Crippen molar-refractivity contribution in [2.75, 3.05) is 11.0 Å². The molecule has 16 heavy (non-hydrogen) atoms. The summed E-state index contributed by atoms with van der Waals surface area (Å²) in [5.74, 6) is 4.85. The predicted molar refractivity (Wildman–Crippen MR) is 66.8 cm³/mol. The summed E-state index contributed by atoms with van der Waals surface area (Å²) in [4.78, 5) is 0. The number of benzene rings is 1. The summed E-state index contributed by atoms with van der Waals surface area (Å²) in [6.45, 7) is 0.480. The largest absolute Gasteiger partial charge is 0.491 e. The monoisotopic (exact) mass is 332 g/mol. The molecule has 0 radical (unpaired) electrons. The average Bonchev–Trinajstić information content (AvgIpc) is 2.30. The maximum atomic E-state index is 12.0. The van der Waals surface area contributed by atoms with Crippen molar-refractivity contribution < 1.29 is 13.5 Å². The molecule has 0 aliphatic heterocycles. The minimum Gasteiger partial charge on any atom is -0.491 e. The van der Waals surface area contributed by atoms with Crippen molar-refractivity contribution in [3.05, 3.63) is 29.3 Å². The van der Waals surface area contributed by atoms with Crippen LogP contribution >= 0.6 is 22.6 Å². The molecule has 0 N–H and O–H groups in total. The number of hydrogen-bond donors (Lipinski definition) is 0. The van der Waals surface area contributed by atoms with E-state index in [4.69, 9.17) is 4.74 Å². The molecule has 0 saturated carbocycles. The van der Waals surface area contributed by atoms with Crippen LogP contribution in [-0.4, -0.2) is 11.0 Å². The van der Waals surface area contributed by atoms with Crippen LogP contribution in [0.15, 0.2) is 18.2 Å². The molecule has 0 aliphatic rings. The number of halogens is 3. The Kier molecular flexibility index (Phi) is 5.66. The van der Waals surface area contributed by atoms with E-state index in [0.29, 0.717) is 17.9 Å². The van der Waals surface area contributed by atoms with E-state index in [0.717, 1.165) is 4.43 Å². The first-order chi connectivity index (χ1) is 7.83. The summed E-state index contributed by atoms with van der Waals surface area (Å²) in [6, 6.07) is 4.87. The summed E-state index contributed by atoms with van der Waals surface area (Å²) in [6.07, 6.45) is 2.55. The van der Waals surface area contributed by atoms with Gasteiger partial charge in [-0.05, 0) is 24.0 Å². The molecule has 0 saturated heterocycles. The lowest BCUT2D eigenvalue weighted by Crippen LogP contribution is -2.00. The van der Waals surface area contributed by atoms with Crippen molar-refractivity contribution >= 4 is 22.6 Å². The Morgan fingerprint density at radius 3 is 2.56 bits per heavy atom. The Morgan fingerprint density at radius 2 is 1.94 bits per heavy atom. The number of rotatable bonds is 3. The number of hydrogen-bond acceptors (Lipinski definition) is 1. The van der Waals surface area contributed by atoms with Crippen LogP contribution in [0.5, 0.6) is 5.75 Å². The first-order valence-electron chi connectivity index (χ1n) is 4.38. The highest BCUT2D eigenvalue weighted by Gasteiger charge is 2.06. The lowest BCUT2D eigenvalue weighted by atomic mass is 10.1. The third-order valence-corrected chi connectivity index (χ3v) is 2.16. The van der Waals surface area contributed by atoms with E-state index in [2.05, 4.69) is 34.4 Å². The van der Waals surface area contributed by atoms with Crippen LogP contribution < -0.4 is 4.74 Å². The molecular formula is C12H7F2IO. The minimum atomic E-state index is 0.278. The van der Waals surface area contributed by atoms with Crippen LogP contribution in [0.1, 0.15) is 11.1 Å². The summed E-state index contributed by atoms with van der Waals surface area (Å²) in [7, 11) is 0. The summed E-state index contributed by atoms with van der Waals surface area (Å²) < 4.78 is 30.1. The molecule has 0 aliphatic carbocycles. The Bertz CT molecular complexity index is 477. The highest BCUT2D eigenvalue weighted by Crippen LogP contribution is 2.21. The normalized spacial score (nSPS) is 8.44. The SMILES string of the molecule is FC#Cc1cccc(OCCI)c1C#CF. The van der Waals surface area contributed by atoms with Gasteiger partial charge in [-0.1, -0.05) is 28.7 Å². The molecule has 0 spiro atoms. The zero-order chi connectivity index (χ0) is 11.8. The van der Waals surface area contributed by atoms with E-state index >= 15 is 0 Å². The fraction of sp³-hybridized carbons (Fsp3) is 0.167. The van der Waals surface area contributed by atoms with Crippen LogP contribution in [0.2, 0.25) is 0 Å². The highest BCUT2D eigenvalue weighted by molar-refractivity contribution is 14.1. The topological polar surface area (TPSA) is 9.23 Å². The van der Waals surface area contributed by atoms with E-state index in [1.165, 1.54) is 12.3 Å². The van der Waals surface area contributed by atoms with Crippen LogP contribution in [0.25, 0.3) is 0 Å². The lowest BCUT2D eigenvalue weighted by Gasteiger charge is -2.07. The third kappa shape index (κ3) is 3.39. The van der Waals surface area contributed by atoms with Crippen LogP contribution in [0, 0.1) is 24.2 Å². The summed E-state index contributed by atoms with van der Waals surface area (Å²) in [5, 5.41) is 0. The zero-order valence-corrected chi connectivity index (χ0v) is 10.3. The number of ether oxygens (including phenoxy) is 1. The Hall–Kier alpha value is -1.27. The quantitative estimate of drug-likeness (QED) is 0.470.